The highest BCUT2D eigenvalue weighted by atomic mass is 16.6. The largest absolute Gasteiger partial charge is 0.508 e. The first-order valence-electron chi connectivity index (χ1n) is 8.26. The molecule has 140 valence electrons. The van der Waals surface area contributed by atoms with Crippen molar-refractivity contribution >= 4 is 5.71 Å². The van der Waals surface area contributed by atoms with Crippen LogP contribution in [-0.2, 0) is 4.84 Å². The Bertz CT molecular complexity index is 748. The number of oxime groups is 1. The van der Waals surface area contributed by atoms with Crippen LogP contribution in [0, 0.1) is 0 Å². The first-order chi connectivity index (χ1) is 12.3. The summed E-state index contributed by atoms with van der Waals surface area (Å²) in [5, 5.41) is 13.5. The monoisotopic (exact) mass is 359 g/mol. The van der Waals surface area contributed by atoms with E-state index in [9.17, 15) is 5.11 Å². The number of rotatable bonds is 7. The summed E-state index contributed by atoms with van der Waals surface area (Å²) in [5.74, 6) is 2.41. The summed E-state index contributed by atoms with van der Waals surface area (Å²) in [6.45, 7) is 7.99. The zero-order valence-corrected chi connectivity index (χ0v) is 15.8. The van der Waals surface area contributed by atoms with Gasteiger partial charge in [-0.15, -0.1) is 0 Å². The van der Waals surface area contributed by atoms with Gasteiger partial charge in [-0.3, -0.25) is 0 Å². The molecule has 2 aromatic rings. The Balaban J connectivity index is 1.94. The van der Waals surface area contributed by atoms with Crippen LogP contribution in [0.3, 0.4) is 0 Å². The lowest BCUT2D eigenvalue weighted by molar-refractivity contribution is 0.0000980. The highest BCUT2D eigenvalue weighted by Gasteiger charge is 2.10. The smallest absolute Gasteiger partial charge is 0.169 e. The number of ether oxygens (including phenoxy) is 3. The molecule has 0 spiro atoms. The predicted octanol–water partition coefficient (Wildman–Crippen LogP) is 4.76. The Morgan fingerprint density at radius 2 is 1.65 bits per heavy atom. The van der Waals surface area contributed by atoms with Crippen LogP contribution in [0.25, 0.3) is 0 Å². The molecule has 6 heteroatoms. The Hall–Kier alpha value is -2.89. The Labute approximate surface area is 154 Å². The van der Waals surface area contributed by atoms with E-state index in [1.54, 1.807) is 30.3 Å². The summed E-state index contributed by atoms with van der Waals surface area (Å²) in [7, 11) is 1.52. The molecule has 0 radical (unpaired) electrons. The third kappa shape index (κ3) is 6.20. The van der Waals surface area contributed by atoms with Crippen LogP contribution >= 0.6 is 0 Å². The van der Waals surface area contributed by atoms with Gasteiger partial charge in [-0.05, 0) is 64.1 Å². The number of nitrogens with zero attached hydrogens (tertiary/aromatic N) is 1. The summed E-state index contributed by atoms with van der Waals surface area (Å²) in [5.41, 5.74) is 0.421. The molecular weight excluding hydrogens is 334 g/mol. The van der Waals surface area contributed by atoms with Crippen molar-refractivity contribution in [1.82, 2.24) is 0 Å². The van der Waals surface area contributed by atoms with Gasteiger partial charge in [0.15, 0.2) is 11.5 Å². The van der Waals surface area contributed by atoms with Crippen LogP contribution in [0.1, 0.15) is 27.7 Å². The average molecular weight is 359 g/mol. The molecule has 2 aromatic carbocycles. The van der Waals surface area contributed by atoms with Gasteiger partial charge in [0.25, 0.3) is 0 Å². The molecule has 0 fully saturated rings. The Morgan fingerprint density at radius 3 is 2.27 bits per heavy atom. The fourth-order valence-corrected chi connectivity index (χ4v) is 1.90. The minimum Gasteiger partial charge on any atom is -0.508 e. The van der Waals surface area contributed by atoms with Crippen LogP contribution < -0.4 is 14.2 Å². The molecule has 6 nitrogen and oxygen atoms in total. The Morgan fingerprint density at radius 1 is 1.00 bits per heavy atom. The first kappa shape index (κ1) is 19.4. The van der Waals surface area contributed by atoms with Crippen LogP contribution in [0.2, 0.25) is 0 Å². The first-order valence-corrected chi connectivity index (χ1v) is 8.26. The fraction of sp³-hybridized carbons (Fsp3) is 0.350. The van der Waals surface area contributed by atoms with Crippen molar-refractivity contribution in [3.8, 4) is 28.7 Å². The molecule has 0 aliphatic rings. The molecule has 0 amide bonds. The summed E-state index contributed by atoms with van der Waals surface area (Å²) < 4.78 is 16.7. The van der Waals surface area contributed by atoms with Gasteiger partial charge in [0.1, 0.15) is 29.5 Å². The zero-order valence-electron chi connectivity index (χ0n) is 15.8. The van der Waals surface area contributed by atoms with Gasteiger partial charge in [0.2, 0.25) is 0 Å². The lowest BCUT2D eigenvalue weighted by atomic mass is 10.2. The minimum absolute atomic E-state index is 0.116. The van der Waals surface area contributed by atoms with Gasteiger partial charge in [-0.1, -0.05) is 5.16 Å². The Kier molecular flexibility index (Phi) is 6.33. The molecule has 2 rings (SSSR count). The molecule has 0 heterocycles. The highest BCUT2D eigenvalue weighted by molar-refractivity contribution is 5.82. The summed E-state index contributed by atoms with van der Waals surface area (Å²) in [6, 6.07) is 11.9. The molecule has 0 aliphatic heterocycles. The summed E-state index contributed by atoms with van der Waals surface area (Å²) in [6.07, 6.45) is 0. The third-order valence-electron chi connectivity index (χ3n) is 3.12. The zero-order chi connectivity index (χ0) is 19.2. The van der Waals surface area contributed by atoms with Gasteiger partial charge in [-0.25, -0.2) is 0 Å². The number of aromatic hydroxyl groups is 1. The topological polar surface area (TPSA) is 69.5 Å². The molecule has 1 N–H and O–H groups in total. The number of hydrogen-bond donors (Lipinski definition) is 1. The maximum Gasteiger partial charge on any atom is 0.169 e. The summed E-state index contributed by atoms with van der Waals surface area (Å²) >= 11 is 0. The van der Waals surface area contributed by atoms with E-state index in [2.05, 4.69) is 5.16 Å². The van der Waals surface area contributed by atoms with Gasteiger partial charge in [0, 0.05) is 6.07 Å². The lowest BCUT2D eigenvalue weighted by Crippen LogP contribution is -2.18. The van der Waals surface area contributed by atoms with Crippen LogP contribution in [-0.4, -0.2) is 30.1 Å². The normalized spacial score (nSPS) is 11.8. The molecule has 0 saturated heterocycles. The molecule has 0 aliphatic carbocycles. The minimum atomic E-state index is -0.324. The molecule has 0 saturated carbocycles. The predicted molar refractivity (Wildman–Crippen MR) is 101 cm³/mol. The van der Waals surface area contributed by atoms with Gasteiger partial charge in [-0.2, -0.15) is 0 Å². The standard InChI is InChI=1S/C20H25NO5/c1-14(21-26-20(2,3)4)13-24-16-7-9-17(10-8-16)25-18-11-6-15(22)12-19(18)23-5/h6-12,22H,13H2,1-5H3. The summed E-state index contributed by atoms with van der Waals surface area (Å²) in [4.78, 5) is 5.35. The second kappa shape index (κ2) is 8.47. The number of benzene rings is 2. The molecule has 0 unspecified atom stereocenters. The van der Waals surface area contributed by atoms with E-state index < -0.39 is 0 Å². The van der Waals surface area contributed by atoms with Gasteiger partial charge in [0.05, 0.1) is 12.8 Å². The third-order valence-corrected chi connectivity index (χ3v) is 3.12. The van der Waals surface area contributed by atoms with Crippen molar-refractivity contribution in [3.05, 3.63) is 42.5 Å². The lowest BCUT2D eigenvalue weighted by Gasteiger charge is -2.16. The molecular formula is C20H25NO5. The maximum absolute atomic E-state index is 9.49. The van der Waals surface area contributed by atoms with E-state index in [0.29, 0.717) is 29.6 Å². The van der Waals surface area contributed by atoms with Crippen LogP contribution in [0.15, 0.2) is 47.6 Å². The number of phenolic OH excluding ortho intramolecular Hbond substituents is 1. The van der Waals surface area contributed by atoms with Crippen molar-refractivity contribution < 1.29 is 24.2 Å². The molecule has 26 heavy (non-hydrogen) atoms. The quantitative estimate of drug-likeness (QED) is 0.570. The molecule has 0 bridgehead atoms. The second-order valence-electron chi connectivity index (χ2n) is 6.73. The number of phenols is 1. The van der Waals surface area contributed by atoms with Crippen LogP contribution in [0.5, 0.6) is 28.7 Å². The van der Waals surface area contributed by atoms with E-state index in [-0.39, 0.29) is 11.4 Å². The van der Waals surface area contributed by atoms with E-state index in [4.69, 9.17) is 19.0 Å². The fourth-order valence-electron chi connectivity index (χ4n) is 1.90. The second-order valence-corrected chi connectivity index (χ2v) is 6.73. The van der Waals surface area contributed by atoms with E-state index in [1.165, 1.54) is 19.2 Å². The highest BCUT2D eigenvalue weighted by Crippen LogP contribution is 2.34. The average Bonchev–Trinajstić information content (AvgIpc) is 2.60. The van der Waals surface area contributed by atoms with Gasteiger partial charge >= 0.3 is 0 Å². The van der Waals surface area contributed by atoms with Crippen molar-refractivity contribution in [2.45, 2.75) is 33.3 Å². The van der Waals surface area contributed by atoms with Crippen molar-refractivity contribution in [2.24, 2.45) is 5.16 Å². The van der Waals surface area contributed by atoms with E-state index in [1.807, 2.05) is 27.7 Å². The number of methoxy groups -OCH3 is 1. The van der Waals surface area contributed by atoms with Crippen molar-refractivity contribution in [2.75, 3.05) is 13.7 Å². The van der Waals surface area contributed by atoms with E-state index >= 15 is 0 Å². The van der Waals surface area contributed by atoms with Crippen molar-refractivity contribution in [1.29, 1.82) is 0 Å². The SMILES string of the molecule is COc1cc(O)ccc1Oc1ccc(OCC(C)=NOC(C)(C)C)cc1. The molecule has 0 aromatic heterocycles. The van der Waals surface area contributed by atoms with Crippen molar-refractivity contribution in [3.63, 3.8) is 0 Å². The number of hydrogen-bond acceptors (Lipinski definition) is 6. The molecule has 0 atom stereocenters. The maximum atomic E-state index is 9.49. The van der Waals surface area contributed by atoms with E-state index in [0.717, 1.165) is 5.71 Å². The van der Waals surface area contributed by atoms with Gasteiger partial charge < -0.3 is 24.2 Å². The van der Waals surface area contributed by atoms with Crippen LogP contribution in [0.4, 0.5) is 0 Å².